The summed E-state index contributed by atoms with van der Waals surface area (Å²) in [5.41, 5.74) is 9.51. The van der Waals surface area contributed by atoms with Gasteiger partial charge in [0, 0.05) is 18.7 Å². The zero-order valence-electron chi connectivity index (χ0n) is 15.7. The Morgan fingerprint density at radius 1 is 1.18 bits per heavy atom. The van der Waals surface area contributed by atoms with E-state index in [-0.39, 0.29) is 17.1 Å². The van der Waals surface area contributed by atoms with Crippen molar-refractivity contribution in [1.82, 2.24) is 4.90 Å². The van der Waals surface area contributed by atoms with Gasteiger partial charge in [-0.15, -0.1) is 0 Å². The van der Waals surface area contributed by atoms with E-state index in [9.17, 15) is 4.79 Å². The molecule has 146 valence electrons. The van der Waals surface area contributed by atoms with Crippen LogP contribution >= 0.6 is 11.3 Å². The molecule has 3 atom stereocenters. The number of likely N-dealkylation sites (tertiary alicyclic amines) is 1. The minimum atomic E-state index is -0.282. The van der Waals surface area contributed by atoms with Crippen molar-refractivity contribution in [2.24, 2.45) is 5.73 Å². The van der Waals surface area contributed by atoms with Crippen molar-refractivity contribution in [2.45, 2.75) is 43.9 Å². The Hall–Kier alpha value is -2.15. The fourth-order valence-corrected chi connectivity index (χ4v) is 5.33. The molecule has 0 spiro atoms. The van der Waals surface area contributed by atoms with E-state index in [2.05, 4.69) is 29.2 Å². The molecule has 0 radical (unpaired) electrons. The van der Waals surface area contributed by atoms with Crippen LogP contribution in [0.5, 0.6) is 5.75 Å². The van der Waals surface area contributed by atoms with Gasteiger partial charge in [-0.25, -0.2) is 4.79 Å². The molecule has 1 saturated heterocycles. The van der Waals surface area contributed by atoms with Gasteiger partial charge in [0.2, 0.25) is 0 Å². The highest BCUT2D eigenvalue weighted by Crippen LogP contribution is 2.38. The first-order valence-electron chi connectivity index (χ1n) is 9.95. The van der Waals surface area contributed by atoms with Gasteiger partial charge >= 0.3 is 4.94 Å². The molecule has 1 aromatic heterocycles. The van der Waals surface area contributed by atoms with E-state index >= 15 is 0 Å². The predicted molar refractivity (Wildman–Crippen MR) is 111 cm³/mol. The Kier molecular flexibility index (Phi) is 4.70. The lowest BCUT2D eigenvalue weighted by Gasteiger charge is -2.43. The van der Waals surface area contributed by atoms with Crippen molar-refractivity contribution in [3.8, 4) is 5.75 Å². The summed E-state index contributed by atoms with van der Waals surface area (Å²) in [7, 11) is 0. The zero-order chi connectivity index (χ0) is 19.1. The van der Waals surface area contributed by atoms with Gasteiger partial charge in [-0.05, 0) is 55.5 Å². The van der Waals surface area contributed by atoms with Crippen molar-refractivity contribution in [2.75, 3.05) is 13.1 Å². The SMILES string of the molecule is N[C@@H]1CCCN([C@H]2CCc3ccccc3[C@@H]2Oc2ccc3oc(=O)sc3c2)C1. The van der Waals surface area contributed by atoms with Gasteiger partial charge in [-0.3, -0.25) is 4.90 Å². The molecule has 2 aliphatic rings. The van der Waals surface area contributed by atoms with Crippen LogP contribution in [0.25, 0.3) is 10.3 Å². The normalized spacial score (nSPS) is 25.5. The zero-order valence-corrected chi connectivity index (χ0v) is 16.5. The van der Waals surface area contributed by atoms with Crippen LogP contribution in [0.1, 0.15) is 36.5 Å². The molecule has 0 amide bonds. The number of aryl methyl sites for hydroxylation is 1. The third kappa shape index (κ3) is 3.36. The third-order valence-electron chi connectivity index (χ3n) is 5.94. The van der Waals surface area contributed by atoms with E-state index in [1.54, 1.807) is 0 Å². The van der Waals surface area contributed by atoms with Crippen molar-refractivity contribution in [3.05, 3.63) is 63.3 Å². The first-order valence-corrected chi connectivity index (χ1v) is 10.8. The Morgan fingerprint density at radius 3 is 2.96 bits per heavy atom. The van der Waals surface area contributed by atoms with Crippen LogP contribution in [0.15, 0.2) is 51.7 Å². The monoisotopic (exact) mass is 396 g/mol. The summed E-state index contributed by atoms with van der Waals surface area (Å²) in [5.74, 6) is 0.776. The number of nitrogens with two attached hydrogens (primary N) is 1. The summed E-state index contributed by atoms with van der Waals surface area (Å²) in [5, 5.41) is 0. The number of rotatable bonds is 3. The minimum absolute atomic E-state index is 0.0451. The average molecular weight is 397 g/mol. The van der Waals surface area contributed by atoms with Crippen LogP contribution in [0.3, 0.4) is 0 Å². The van der Waals surface area contributed by atoms with Crippen LogP contribution < -0.4 is 15.4 Å². The van der Waals surface area contributed by atoms with Gasteiger partial charge in [0.1, 0.15) is 17.4 Å². The smallest absolute Gasteiger partial charge is 0.396 e. The Morgan fingerprint density at radius 2 is 2.07 bits per heavy atom. The fourth-order valence-electron chi connectivity index (χ4n) is 4.63. The van der Waals surface area contributed by atoms with Gasteiger partial charge in [0.25, 0.3) is 0 Å². The maximum absolute atomic E-state index is 11.5. The number of hydrogen-bond donors (Lipinski definition) is 1. The Bertz CT molecular complexity index is 1040. The summed E-state index contributed by atoms with van der Waals surface area (Å²) in [6, 6.07) is 14.8. The molecule has 1 aliphatic heterocycles. The molecule has 1 fully saturated rings. The van der Waals surface area contributed by atoms with Gasteiger partial charge in [0.05, 0.1) is 10.7 Å². The highest BCUT2D eigenvalue weighted by Gasteiger charge is 2.36. The molecular formula is C22H24N2O3S. The first kappa shape index (κ1) is 17.9. The van der Waals surface area contributed by atoms with E-state index in [0.717, 1.165) is 60.6 Å². The molecular weight excluding hydrogens is 372 g/mol. The van der Waals surface area contributed by atoms with Crippen molar-refractivity contribution < 1.29 is 9.15 Å². The standard InChI is InChI=1S/C22H24N2O3S/c23-15-5-3-11-24(13-15)18-9-7-14-4-1-2-6-17(14)21(18)26-16-8-10-19-20(12-16)28-22(25)27-19/h1-2,4,6,8,10,12,15,18,21H,3,5,7,9,11,13,23H2/t15-,18+,21+/m1/s1. The number of piperidine rings is 1. The van der Waals surface area contributed by atoms with E-state index in [0.29, 0.717) is 11.6 Å². The maximum atomic E-state index is 11.5. The molecule has 2 N–H and O–H groups in total. The van der Waals surface area contributed by atoms with E-state index in [4.69, 9.17) is 14.9 Å². The molecule has 0 unspecified atom stereocenters. The summed E-state index contributed by atoms with van der Waals surface area (Å²) in [4.78, 5) is 13.8. The lowest BCUT2D eigenvalue weighted by Crippen LogP contribution is -2.51. The number of nitrogens with zero attached hydrogens (tertiary/aromatic N) is 1. The molecule has 0 bridgehead atoms. The Balaban J connectivity index is 1.50. The number of hydrogen-bond acceptors (Lipinski definition) is 6. The van der Waals surface area contributed by atoms with Gasteiger partial charge in [0.15, 0.2) is 0 Å². The second-order valence-corrected chi connectivity index (χ2v) is 8.78. The number of benzene rings is 2. The molecule has 28 heavy (non-hydrogen) atoms. The first-order chi connectivity index (χ1) is 13.7. The van der Waals surface area contributed by atoms with Crippen LogP contribution in [-0.4, -0.2) is 30.1 Å². The van der Waals surface area contributed by atoms with Crippen molar-refractivity contribution in [1.29, 1.82) is 0 Å². The van der Waals surface area contributed by atoms with Crippen LogP contribution in [0.4, 0.5) is 0 Å². The molecule has 3 aromatic rings. The fraction of sp³-hybridized carbons (Fsp3) is 0.409. The van der Waals surface area contributed by atoms with Gasteiger partial charge in [-0.2, -0.15) is 0 Å². The third-order valence-corrected chi connectivity index (χ3v) is 6.73. The van der Waals surface area contributed by atoms with Crippen molar-refractivity contribution in [3.63, 3.8) is 0 Å². The van der Waals surface area contributed by atoms with E-state index in [1.165, 1.54) is 11.1 Å². The van der Waals surface area contributed by atoms with E-state index < -0.39 is 0 Å². The molecule has 1 aliphatic carbocycles. The molecule has 2 heterocycles. The summed E-state index contributed by atoms with van der Waals surface area (Å²) in [6.07, 6.45) is 4.32. The molecule has 5 nitrogen and oxygen atoms in total. The highest BCUT2D eigenvalue weighted by atomic mass is 32.1. The van der Waals surface area contributed by atoms with Crippen LogP contribution in [-0.2, 0) is 6.42 Å². The minimum Gasteiger partial charge on any atom is -0.484 e. The molecule has 2 aromatic carbocycles. The number of fused-ring (bicyclic) bond motifs is 2. The number of ether oxygens (including phenoxy) is 1. The Labute approximate surface area is 167 Å². The lowest BCUT2D eigenvalue weighted by molar-refractivity contribution is 0.0368. The van der Waals surface area contributed by atoms with E-state index in [1.807, 2.05) is 18.2 Å². The topological polar surface area (TPSA) is 68.7 Å². The lowest BCUT2D eigenvalue weighted by atomic mass is 9.84. The maximum Gasteiger partial charge on any atom is 0.396 e. The predicted octanol–water partition coefficient (Wildman–Crippen LogP) is 3.71. The summed E-state index contributed by atoms with van der Waals surface area (Å²) in [6.45, 7) is 2.00. The molecule has 6 heteroatoms. The molecule has 0 saturated carbocycles. The molecule has 5 rings (SSSR count). The highest BCUT2D eigenvalue weighted by molar-refractivity contribution is 7.16. The quantitative estimate of drug-likeness (QED) is 0.731. The van der Waals surface area contributed by atoms with Gasteiger partial charge < -0.3 is 14.9 Å². The summed E-state index contributed by atoms with van der Waals surface area (Å²) < 4.78 is 12.6. The average Bonchev–Trinajstić information content (AvgIpc) is 3.07. The van der Waals surface area contributed by atoms with Gasteiger partial charge in [-0.1, -0.05) is 35.6 Å². The summed E-state index contributed by atoms with van der Waals surface area (Å²) >= 11 is 1.11. The largest absolute Gasteiger partial charge is 0.484 e. The second-order valence-electron chi connectivity index (χ2n) is 7.80. The second kappa shape index (κ2) is 7.35. The van der Waals surface area contributed by atoms with Crippen LogP contribution in [0, 0.1) is 0 Å². The van der Waals surface area contributed by atoms with Crippen molar-refractivity contribution >= 4 is 21.6 Å². The van der Waals surface area contributed by atoms with Crippen LogP contribution in [0.2, 0.25) is 0 Å².